The highest BCUT2D eigenvalue weighted by molar-refractivity contribution is 5.80. The fourth-order valence-electron chi connectivity index (χ4n) is 2.69. The lowest BCUT2D eigenvalue weighted by Crippen LogP contribution is -2.31. The van der Waals surface area contributed by atoms with Gasteiger partial charge in [0, 0.05) is 19.2 Å². The number of unbranched alkanes of at least 4 members (excludes halogenated alkanes) is 2. The van der Waals surface area contributed by atoms with Crippen molar-refractivity contribution in [1.29, 1.82) is 0 Å². The Morgan fingerprint density at radius 3 is 2.57 bits per heavy atom. The summed E-state index contributed by atoms with van der Waals surface area (Å²) in [4.78, 5) is 4.59. The van der Waals surface area contributed by atoms with E-state index in [0.717, 1.165) is 37.1 Å². The van der Waals surface area contributed by atoms with Crippen molar-refractivity contribution in [3.05, 3.63) is 59.8 Å². The van der Waals surface area contributed by atoms with E-state index in [9.17, 15) is 0 Å². The van der Waals surface area contributed by atoms with E-state index < -0.39 is 0 Å². The van der Waals surface area contributed by atoms with Crippen LogP contribution in [0.25, 0.3) is 0 Å². The topological polar surface area (TPSA) is 21.6 Å². The highest BCUT2D eigenvalue weighted by Crippen LogP contribution is 2.31. The summed E-state index contributed by atoms with van der Waals surface area (Å²) in [6, 6.07) is 10.2. The number of allylic oxidation sites excluding steroid dienone is 1. The molecule has 1 atom stereocenters. The van der Waals surface area contributed by atoms with Crippen molar-refractivity contribution >= 4 is 6.21 Å². The lowest BCUT2D eigenvalue weighted by Gasteiger charge is -2.32. The van der Waals surface area contributed by atoms with Crippen LogP contribution in [-0.2, 0) is 4.74 Å². The summed E-state index contributed by atoms with van der Waals surface area (Å²) in [5, 5.41) is 0. The fraction of sp³-hybridized carbons (Fsp3) is 0.476. The largest absolute Gasteiger partial charge is 0.371 e. The van der Waals surface area contributed by atoms with Crippen LogP contribution in [0, 0.1) is 0 Å². The molecule has 1 aliphatic carbocycles. The molecule has 2 nitrogen and oxygen atoms in total. The van der Waals surface area contributed by atoms with E-state index in [-0.39, 0.29) is 5.60 Å². The Kier molecular flexibility index (Phi) is 7.28. The van der Waals surface area contributed by atoms with Crippen molar-refractivity contribution in [1.82, 2.24) is 0 Å². The zero-order valence-corrected chi connectivity index (χ0v) is 14.5. The summed E-state index contributed by atoms with van der Waals surface area (Å²) in [6.07, 6.45) is 15.2. The molecule has 0 bridgehead atoms. The molecule has 0 heterocycles. The van der Waals surface area contributed by atoms with Crippen LogP contribution in [0.15, 0.2) is 59.2 Å². The van der Waals surface area contributed by atoms with Gasteiger partial charge in [-0.2, -0.15) is 0 Å². The first kappa shape index (κ1) is 17.7. The quantitative estimate of drug-likeness (QED) is 0.424. The van der Waals surface area contributed by atoms with Gasteiger partial charge in [0.2, 0.25) is 0 Å². The van der Waals surface area contributed by atoms with E-state index in [1.807, 2.05) is 24.4 Å². The van der Waals surface area contributed by atoms with Crippen molar-refractivity contribution < 1.29 is 4.74 Å². The SMILES string of the molecule is CCCCO[C@@]1(CCCC)C=CC(N=Cc2ccccc2)=CC1. The third-order valence-electron chi connectivity index (χ3n) is 4.22. The van der Waals surface area contributed by atoms with Crippen molar-refractivity contribution in [3.8, 4) is 0 Å². The number of benzene rings is 1. The van der Waals surface area contributed by atoms with Gasteiger partial charge in [-0.3, -0.25) is 4.99 Å². The van der Waals surface area contributed by atoms with Gasteiger partial charge in [-0.1, -0.05) is 75.6 Å². The van der Waals surface area contributed by atoms with Crippen LogP contribution in [0.5, 0.6) is 0 Å². The maximum atomic E-state index is 6.24. The minimum absolute atomic E-state index is 0.114. The molecule has 0 amide bonds. The molecule has 0 saturated carbocycles. The van der Waals surface area contributed by atoms with Gasteiger partial charge in [-0.25, -0.2) is 0 Å². The summed E-state index contributed by atoms with van der Waals surface area (Å²) >= 11 is 0. The van der Waals surface area contributed by atoms with Crippen LogP contribution in [-0.4, -0.2) is 18.4 Å². The summed E-state index contributed by atoms with van der Waals surface area (Å²) in [5.74, 6) is 0. The van der Waals surface area contributed by atoms with E-state index in [2.05, 4.69) is 49.2 Å². The van der Waals surface area contributed by atoms with Gasteiger partial charge < -0.3 is 4.74 Å². The molecule has 0 fully saturated rings. The third-order valence-corrected chi connectivity index (χ3v) is 4.22. The van der Waals surface area contributed by atoms with E-state index in [0.29, 0.717) is 0 Å². The second-order valence-electron chi connectivity index (χ2n) is 6.21. The zero-order valence-electron chi connectivity index (χ0n) is 14.5. The molecule has 0 saturated heterocycles. The van der Waals surface area contributed by atoms with E-state index in [1.54, 1.807) is 0 Å². The number of hydrogen-bond donors (Lipinski definition) is 0. The Morgan fingerprint density at radius 1 is 1.13 bits per heavy atom. The molecule has 0 radical (unpaired) electrons. The van der Waals surface area contributed by atoms with Crippen LogP contribution >= 0.6 is 0 Å². The van der Waals surface area contributed by atoms with Gasteiger partial charge in [-0.05, 0) is 24.5 Å². The van der Waals surface area contributed by atoms with Gasteiger partial charge in [0.05, 0.1) is 11.3 Å². The van der Waals surface area contributed by atoms with Crippen molar-refractivity contribution in [2.75, 3.05) is 6.61 Å². The highest BCUT2D eigenvalue weighted by atomic mass is 16.5. The molecule has 23 heavy (non-hydrogen) atoms. The number of nitrogens with zero attached hydrogens (tertiary/aromatic N) is 1. The lowest BCUT2D eigenvalue weighted by atomic mass is 9.88. The first-order valence-corrected chi connectivity index (χ1v) is 8.90. The Bertz CT molecular complexity index is 544. The van der Waals surface area contributed by atoms with Crippen LogP contribution < -0.4 is 0 Å². The normalized spacial score (nSPS) is 20.9. The molecule has 124 valence electrons. The molecule has 0 spiro atoms. The molecule has 0 unspecified atom stereocenters. The van der Waals surface area contributed by atoms with Crippen molar-refractivity contribution in [3.63, 3.8) is 0 Å². The Hall–Kier alpha value is -1.67. The number of ether oxygens (including phenoxy) is 1. The van der Waals surface area contributed by atoms with Gasteiger partial charge in [0.1, 0.15) is 0 Å². The summed E-state index contributed by atoms with van der Waals surface area (Å²) in [7, 11) is 0. The summed E-state index contributed by atoms with van der Waals surface area (Å²) in [5.41, 5.74) is 2.04. The molecule has 0 aliphatic heterocycles. The van der Waals surface area contributed by atoms with E-state index in [4.69, 9.17) is 4.74 Å². The van der Waals surface area contributed by atoms with Crippen molar-refractivity contribution in [2.24, 2.45) is 4.99 Å². The molecular weight excluding hydrogens is 282 g/mol. The smallest absolute Gasteiger partial charge is 0.0901 e. The predicted octanol–water partition coefficient (Wildman–Crippen LogP) is 5.70. The molecular formula is C21H29NO. The van der Waals surface area contributed by atoms with Crippen LogP contribution in [0.2, 0.25) is 0 Å². The van der Waals surface area contributed by atoms with Gasteiger partial charge >= 0.3 is 0 Å². The van der Waals surface area contributed by atoms with Gasteiger partial charge in [0.25, 0.3) is 0 Å². The van der Waals surface area contributed by atoms with Crippen LogP contribution in [0.4, 0.5) is 0 Å². The first-order valence-electron chi connectivity index (χ1n) is 8.90. The molecule has 1 aliphatic rings. The molecule has 2 heteroatoms. The van der Waals surface area contributed by atoms with E-state index >= 15 is 0 Å². The molecule has 0 N–H and O–H groups in total. The number of aliphatic imine (C=N–C) groups is 1. The average Bonchev–Trinajstić information content (AvgIpc) is 2.61. The standard InChI is InChI=1S/C21H29NO/c1-3-5-14-21(23-17-6-4-2)15-12-20(13-16-21)22-18-19-10-8-7-9-11-19/h7-13,15,18H,3-6,14,16-17H2,1-2H3/t21-/m0/s1. The second-order valence-corrected chi connectivity index (χ2v) is 6.21. The third kappa shape index (κ3) is 5.80. The number of hydrogen-bond acceptors (Lipinski definition) is 2. The average molecular weight is 311 g/mol. The maximum absolute atomic E-state index is 6.24. The second kappa shape index (κ2) is 9.46. The molecule has 1 aromatic carbocycles. The fourth-order valence-corrected chi connectivity index (χ4v) is 2.69. The number of rotatable bonds is 9. The Labute approximate surface area is 141 Å². The molecule has 2 rings (SSSR count). The summed E-state index contributed by atoms with van der Waals surface area (Å²) in [6.45, 7) is 5.29. The predicted molar refractivity (Wildman–Crippen MR) is 99.0 cm³/mol. The minimum Gasteiger partial charge on any atom is -0.371 e. The highest BCUT2D eigenvalue weighted by Gasteiger charge is 2.28. The Morgan fingerprint density at radius 2 is 1.91 bits per heavy atom. The lowest BCUT2D eigenvalue weighted by molar-refractivity contribution is -0.0162. The first-order chi connectivity index (χ1) is 11.3. The maximum Gasteiger partial charge on any atom is 0.0901 e. The van der Waals surface area contributed by atoms with Crippen LogP contribution in [0.1, 0.15) is 57.9 Å². The van der Waals surface area contributed by atoms with Gasteiger partial charge in [-0.15, -0.1) is 0 Å². The molecule has 0 aromatic heterocycles. The minimum atomic E-state index is -0.114. The Balaban J connectivity index is 1.97. The monoisotopic (exact) mass is 311 g/mol. The van der Waals surface area contributed by atoms with E-state index in [1.165, 1.54) is 19.3 Å². The zero-order chi connectivity index (χ0) is 16.4. The molecule has 1 aromatic rings. The van der Waals surface area contributed by atoms with Crippen LogP contribution in [0.3, 0.4) is 0 Å². The van der Waals surface area contributed by atoms with Crippen molar-refractivity contribution in [2.45, 2.75) is 58.0 Å². The van der Waals surface area contributed by atoms with Gasteiger partial charge in [0.15, 0.2) is 0 Å². The summed E-state index contributed by atoms with van der Waals surface area (Å²) < 4.78 is 6.24.